The van der Waals surface area contributed by atoms with Gasteiger partial charge >= 0.3 is 6.03 Å². The number of urea groups is 1. The van der Waals surface area contributed by atoms with Crippen LogP contribution >= 0.6 is 0 Å². The first kappa shape index (κ1) is 81.5. The van der Waals surface area contributed by atoms with Crippen molar-refractivity contribution in [3.05, 3.63) is 48.0 Å². The van der Waals surface area contributed by atoms with Gasteiger partial charge in [-0.25, -0.2) is 4.79 Å². The molecular weight excluding hydrogens is 1240 g/mol. The minimum Gasteiger partial charge on any atom is -0.386 e. The topological polar surface area (TPSA) is 347 Å². The molecule has 27 heteroatoms. The Morgan fingerprint density at radius 3 is 1.91 bits per heavy atom. The third-order valence-electron chi connectivity index (χ3n) is 18.8. The van der Waals surface area contributed by atoms with Crippen LogP contribution < -0.4 is 32.3 Å². The van der Waals surface area contributed by atoms with Crippen LogP contribution in [0.2, 0.25) is 0 Å². The third kappa shape index (κ3) is 24.3. The van der Waals surface area contributed by atoms with Gasteiger partial charge in [0.1, 0.15) is 30.0 Å². The van der Waals surface area contributed by atoms with E-state index in [4.69, 9.17) is 24.7 Å². The lowest BCUT2D eigenvalue weighted by molar-refractivity contribution is -0.149. The number of nitrogens with one attached hydrogen (secondary N) is 5. The Kier molecular flexibility index (Phi) is 34.6. The number of aliphatic hydroxyl groups is 1. The van der Waals surface area contributed by atoms with Crippen LogP contribution in [0.15, 0.2) is 42.5 Å². The summed E-state index contributed by atoms with van der Waals surface area (Å²) in [7, 11) is 6.06. The maximum Gasteiger partial charge on any atom is 0.312 e. The smallest absolute Gasteiger partial charge is 0.312 e. The first-order valence-corrected chi connectivity index (χ1v) is 34.3. The van der Waals surface area contributed by atoms with Gasteiger partial charge in [-0.05, 0) is 74.7 Å². The summed E-state index contributed by atoms with van der Waals surface area (Å²) in [5.41, 5.74) is 6.01. The van der Waals surface area contributed by atoms with Crippen molar-refractivity contribution in [2.75, 3.05) is 94.0 Å². The van der Waals surface area contributed by atoms with Gasteiger partial charge in [-0.3, -0.25) is 57.7 Å². The lowest BCUT2D eigenvalue weighted by Gasteiger charge is -2.41. The number of ketones is 1. The number of ether oxygens (including phenoxy) is 4. The Balaban J connectivity index is 1.42. The number of nitrogens with zero attached hydrogens (tertiary/aromatic N) is 5. The standard InChI is InChI=1S/C69H113N11O16/c1-15-45(8)61(53(93-13)38-57(85)79-33-23-27-51(79)63(94-14)46(9)64(87)72-47(10)62(86)48-24-18-16-19-25-48)77(12)68(91)59(43(4)5)75-66(89)60(44(6)7)76(11)67(90)50(26-22-31-71-69(70)92)73-65(88)58(42(2)3)74-54(82)39-78-34-36-95-40-49(41-96-37-35-78)52(81)28-20-17-21-32-80-55(83)29-30-56(80)84/h16,18-19,24-25,29-30,42-47,49-51,53,58-63,86H,15,17,20-23,26-28,31-41H2,1-14H3,(H,72,87)(H,73,88)(H,74,82)(H,75,89)(H3,70,71,92)/t45-,46+,47+,50-,51+,53+,58-,59-,60-,61-,62+,63+/m0/s1. The monoisotopic (exact) mass is 1350 g/mol. The number of aliphatic hydroxyl groups excluding tert-OH is 1. The van der Waals surface area contributed by atoms with Gasteiger partial charge in [0.15, 0.2) is 0 Å². The second kappa shape index (κ2) is 40.7. The molecule has 12 atom stereocenters. The van der Waals surface area contributed by atoms with Crippen LogP contribution in [0, 0.1) is 35.5 Å². The molecule has 8 N–H and O–H groups in total. The number of nitrogens with two attached hydrogens (primary N) is 1. The summed E-state index contributed by atoms with van der Waals surface area (Å²) in [6.45, 7) is 19.9. The van der Waals surface area contributed by atoms with E-state index in [-0.39, 0.29) is 94.1 Å². The Morgan fingerprint density at radius 1 is 0.719 bits per heavy atom. The van der Waals surface area contributed by atoms with Crippen LogP contribution in [-0.2, 0) is 66.9 Å². The molecule has 0 bridgehead atoms. The van der Waals surface area contributed by atoms with Gasteiger partial charge in [-0.2, -0.15) is 0 Å². The molecule has 0 saturated carbocycles. The van der Waals surface area contributed by atoms with Gasteiger partial charge in [-0.1, -0.05) is 105 Å². The number of imide groups is 1. The molecule has 0 radical (unpaired) electrons. The summed E-state index contributed by atoms with van der Waals surface area (Å²) >= 11 is 0. The number of primary amides is 1. The molecule has 1 aromatic rings. The highest BCUT2D eigenvalue weighted by Gasteiger charge is 2.45. The zero-order valence-electron chi connectivity index (χ0n) is 59.3. The number of carbonyl (C=O) groups excluding carboxylic acids is 11. The lowest BCUT2D eigenvalue weighted by atomic mass is 9.89. The van der Waals surface area contributed by atoms with E-state index < -0.39 is 126 Å². The van der Waals surface area contributed by atoms with Crippen molar-refractivity contribution in [3.63, 3.8) is 0 Å². The number of likely N-dealkylation sites (N-methyl/N-ethyl adjacent to an activating group) is 2. The number of likely N-dealkylation sites (tertiary alicyclic amines) is 1. The largest absolute Gasteiger partial charge is 0.386 e. The molecule has 3 heterocycles. The van der Waals surface area contributed by atoms with E-state index >= 15 is 4.79 Å². The van der Waals surface area contributed by atoms with Gasteiger partial charge in [0.2, 0.25) is 41.4 Å². The van der Waals surface area contributed by atoms with Gasteiger partial charge < -0.3 is 71.1 Å². The highest BCUT2D eigenvalue weighted by atomic mass is 16.5. The van der Waals surface area contributed by atoms with Gasteiger partial charge in [0.25, 0.3) is 11.8 Å². The predicted molar refractivity (Wildman–Crippen MR) is 360 cm³/mol. The van der Waals surface area contributed by atoms with Crippen molar-refractivity contribution in [2.45, 2.75) is 194 Å². The first-order valence-electron chi connectivity index (χ1n) is 34.3. The van der Waals surface area contributed by atoms with Crippen LogP contribution in [0.5, 0.6) is 0 Å². The van der Waals surface area contributed by atoms with E-state index in [0.717, 1.165) is 0 Å². The number of unbranched alkanes of at least 4 members (excludes halogenated alkanes) is 2. The molecule has 0 unspecified atom stereocenters. The zero-order valence-corrected chi connectivity index (χ0v) is 59.3. The van der Waals surface area contributed by atoms with E-state index in [2.05, 4.69) is 26.6 Å². The van der Waals surface area contributed by atoms with Crippen LogP contribution in [-0.4, -0.2) is 243 Å². The van der Waals surface area contributed by atoms with Crippen LogP contribution in [0.3, 0.4) is 0 Å². The molecule has 0 aliphatic carbocycles. The number of hydrogen-bond acceptors (Lipinski definition) is 17. The molecular formula is C69H113N11O16. The fourth-order valence-corrected chi connectivity index (χ4v) is 12.9. The van der Waals surface area contributed by atoms with E-state index in [9.17, 15) is 53.1 Å². The fourth-order valence-electron chi connectivity index (χ4n) is 12.9. The Bertz CT molecular complexity index is 2720. The summed E-state index contributed by atoms with van der Waals surface area (Å²) in [4.78, 5) is 157. The number of rotatable bonds is 38. The Labute approximate surface area is 568 Å². The highest BCUT2D eigenvalue weighted by Crippen LogP contribution is 2.31. The Hall–Kier alpha value is -6.91. The number of hydrogen-bond donors (Lipinski definition) is 7. The minimum absolute atomic E-state index is 0.00959. The molecule has 0 spiro atoms. The quantitative estimate of drug-likeness (QED) is 0.0370. The van der Waals surface area contributed by atoms with Crippen LogP contribution in [0.25, 0.3) is 0 Å². The predicted octanol–water partition coefficient (Wildman–Crippen LogP) is 2.86. The summed E-state index contributed by atoms with van der Waals surface area (Å²) in [5, 5.41) is 25.1. The second-order valence-electron chi connectivity index (χ2n) is 27.0. The Morgan fingerprint density at radius 2 is 1.34 bits per heavy atom. The molecule has 96 heavy (non-hydrogen) atoms. The summed E-state index contributed by atoms with van der Waals surface area (Å²) in [6, 6.07) is 1.84. The summed E-state index contributed by atoms with van der Waals surface area (Å²) < 4.78 is 23.9. The van der Waals surface area contributed by atoms with Crippen LogP contribution in [0.4, 0.5) is 4.79 Å². The highest BCUT2D eigenvalue weighted by molar-refractivity contribution is 6.12. The number of methoxy groups -OCH3 is 2. The maximum atomic E-state index is 15.0. The summed E-state index contributed by atoms with van der Waals surface area (Å²) in [5.74, 6) is -7.02. The lowest BCUT2D eigenvalue weighted by Crippen LogP contribution is -2.62. The molecule has 2 fully saturated rings. The van der Waals surface area contributed by atoms with Crippen LogP contribution in [0.1, 0.15) is 145 Å². The van der Waals surface area contributed by atoms with Gasteiger partial charge in [0.05, 0.1) is 87.7 Å². The molecule has 540 valence electrons. The maximum absolute atomic E-state index is 15.0. The van der Waals surface area contributed by atoms with Gasteiger partial charge in [0, 0.05) is 79.6 Å². The summed E-state index contributed by atoms with van der Waals surface area (Å²) in [6.07, 6.45) is 4.07. The molecule has 1 aromatic carbocycles. The minimum atomic E-state index is -1.26. The van der Waals surface area contributed by atoms with Crippen molar-refractivity contribution in [2.24, 2.45) is 41.2 Å². The molecule has 4 rings (SSSR count). The van der Waals surface area contributed by atoms with Crippen molar-refractivity contribution >= 4 is 65.0 Å². The first-order chi connectivity index (χ1) is 45.5. The van der Waals surface area contributed by atoms with Crippen molar-refractivity contribution in [1.82, 2.24) is 51.1 Å². The zero-order chi connectivity index (χ0) is 71.5. The third-order valence-corrected chi connectivity index (χ3v) is 18.8. The van der Waals surface area contributed by atoms with Gasteiger partial charge in [-0.15, -0.1) is 0 Å². The SMILES string of the molecule is CC[C@H](C)[C@@H]([C@@H](CC(=O)N1CCC[C@@H]1[C@H](OC)[C@@H](C)C(=O)N[C@H](C)[C@@H](O)c1ccccc1)OC)N(C)C(=O)[C@@H](NC(=O)[C@H](C(C)C)N(C)C(=O)[C@H](CCCNC(N)=O)NC(=O)[C@@H](NC(=O)CN1CCOCC(C(=O)CCCCCN2C(=O)C=CC2=O)COCC1)C(C)C)C(C)C. The molecule has 3 aliphatic rings. The fraction of sp³-hybridized carbons (Fsp3) is 0.725. The normalized spacial score (nSPS) is 19.3. The molecule has 0 aromatic heterocycles. The number of carbonyl (C=O) groups is 11. The molecule has 2 saturated heterocycles. The number of benzene rings is 1. The average Bonchev–Trinajstić information content (AvgIpc) is 1.75. The van der Waals surface area contributed by atoms with E-state index in [1.165, 1.54) is 48.1 Å². The molecule has 11 amide bonds. The van der Waals surface area contributed by atoms with E-state index in [1.54, 1.807) is 84.4 Å². The number of amides is 11. The molecule has 27 nitrogen and oxygen atoms in total. The van der Waals surface area contributed by atoms with Crippen molar-refractivity contribution < 1.29 is 76.8 Å². The van der Waals surface area contributed by atoms with Crippen molar-refractivity contribution in [1.29, 1.82) is 0 Å². The van der Waals surface area contributed by atoms with E-state index in [1.807, 2.05) is 32.0 Å². The average molecular weight is 1350 g/mol. The van der Waals surface area contributed by atoms with E-state index in [0.29, 0.717) is 76.7 Å². The molecule has 3 aliphatic heterocycles. The number of Topliss-reactive ketones (excluding diaryl/α,β-unsaturated/α-hetero) is 1. The van der Waals surface area contributed by atoms with Crippen molar-refractivity contribution in [3.8, 4) is 0 Å². The second-order valence-corrected chi connectivity index (χ2v) is 27.0.